The van der Waals surface area contributed by atoms with Crippen LogP contribution < -0.4 is 5.32 Å². The largest absolute Gasteiger partial charge is 0.394 e. The lowest BCUT2D eigenvalue weighted by molar-refractivity contribution is 0.271. The zero-order chi connectivity index (χ0) is 13.0. The second-order valence-electron chi connectivity index (χ2n) is 3.98. The highest BCUT2D eigenvalue weighted by Gasteiger charge is 2.14. The first-order valence-electron chi connectivity index (χ1n) is 5.87. The molecule has 1 atom stereocenters. The molecule has 0 aliphatic carbocycles. The molecule has 0 spiro atoms. The fraction of sp³-hybridized carbons (Fsp3) is 0.417. The van der Waals surface area contributed by atoms with Crippen molar-refractivity contribution in [3.63, 3.8) is 0 Å². The Hall–Kier alpha value is -1.95. The van der Waals surface area contributed by atoms with Gasteiger partial charge in [-0.15, -0.1) is 0 Å². The van der Waals surface area contributed by atoms with E-state index in [9.17, 15) is 5.11 Å². The highest BCUT2D eigenvalue weighted by Crippen LogP contribution is 2.24. The molecule has 2 N–H and O–H groups in total. The molecule has 2 aromatic heterocycles. The number of aliphatic hydroxyl groups excluding tert-OH is 1. The second kappa shape index (κ2) is 5.59. The molecule has 18 heavy (non-hydrogen) atoms. The Labute approximate surface area is 105 Å². The lowest BCUT2D eigenvalue weighted by Gasteiger charge is -2.15. The van der Waals surface area contributed by atoms with Crippen LogP contribution >= 0.6 is 0 Å². The summed E-state index contributed by atoms with van der Waals surface area (Å²) in [5.41, 5.74) is 0.741. The summed E-state index contributed by atoms with van der Waals surface area (Å²) in [5, 5.41) is 16.1. The summed E-state index contributed by atoms with van der Waals surface area (Å²) in [6.45, 7) is 3.81. The van der Waals surface area contributed by atoms with Crippen LogP contribution in [0.5, 0.6) is 0 Å². The molecule has 0 bridgehead atoms. The number of hydrogen-bond acceptors (Lipinski definition) is 6. The molecule has 0 aliphatic heterocycles. The minimum atomic E-state index is -0.0392. The first-order valence-corrected chi connectivity index (χ1v) is 5.87. The summed E-state index contributed by atoms with van der Waals surface area (Å²) >= 11 is 0. The van der Waals surface area contributed by atoms with Crippen molar-refractivity contribution in [1.82, 2.24) is 15.1 Å². The first-order chi connectivity index (χ1) is 8.74. The van der Waals surface area contributed by atoms with Crippen molar-refractivity contribution in [2.75, 3.05) is 11.9 Å². The maximum atomic E-state index is 9.21. The minimum Gasteiger partial charge on any atom is -0.394 e. The number of aryl methyl sites for hydroxylation is 1. The molecule has 0 amide bonds. The highest BCUT2D eigenvalue weighted by molar-refractivity contribution is 5.68. The van der Waals surface area contributed by atoms with Gasteiger partial charge in [-0.3, -0.25) is 0 Å². The van der Waals surface area contributed by atoms with Gasteiger partial charge in [0, 0.05) is 6.20 Å². The molecule has 0 radical (unpaired) electrons. The van der Waals surface area contributed by atoms with Gasteiger partial charge in [0.05, 0.1) is 18.2 Å². The van der Waals surface area contributed by atoms with E-state index in [1.165, 1.54) is 0 Å². The molecular formula is C12H16N4O2. The second-order valence-corrected chi connectivity index (χ2v) is 3.98. The number of rotatable bonds is 5. The van der Waals surface area contributed by atoms with E-state index in [2.05, 4.69) is 20.4 Å². The summed E-state index contributed by atoms with van der Waals surface area (Å²) in [6, 6.07) is 3.62. The molecule has 6 heteroatoms. The number of hydrogen-bond donors (Lipinski definition) is 2. The molecule has 96 valence electrons. The molecule has 0 aromatic carbocycles. The van der Waals surface area contributed by atoms with Gasteiger partial charge >= 0.3 is 0 Å². The van der Waals surface area contributed by atoms with E-state index in [0.29, 0.717) is 17.5 Å². The molecule has 0 unspecified atom stereocenters. The number of pyridine rings is 1. The third-order valence-corrected chi connectivity index (χ3v) is 2.62. The maximum Gasteiger partial charge on any atom is 0.261 e. The lowest BCUT2D eigenvalue weighted by Crippen LogP contribution is -2.23. The summed E-state index contributed by atoms with van der Waals surface area (Å²) in [4.78, 5) is 8.43. The van der Waals surface area contributed by atoms with Gasteiger partial charge in [0.1, 0.15) is 5.82 Å². The van der Waals surface area contributed by atoms with Gasteiger partial charge in [-0.25, -0.2) is 4.98 Å². The maximum absolute atomic E-state index is 9.21. The third kappa shape index (κ3) is 2.65. The van der Waals surface area contributed by atoms with E-state index in [0.717, 1.165) is 12.0 Å². The summed E-state index contributed by atoms with van der Waals surface area (Å²) in [5.74, 6) is 1.65. The highest BCUT2D eigenvalue weighted by atomic mass is 16.5. The molecule has 2 aromatic rings. The van der Waals surface area contributed by atoms with Gasteiger partial charge in [-0.1, -0.05) is 12.1 Å². The van der Waals surface area contributed by atoms with Crippen LogP contribution in [0.15, 0.2) is 22.9 Å². The van der Waals surface area contributed by atoms with Crippen molar-refractivity contribution in [2.45, 2.75) is 26.3 Å². The fourth-order valence-corrected chi connectivity index (χ4v) is 1.57. The monoisotopic (exact) mass is 248 g/mol. The molecule has 0 fully saturated rings. The van der Waals surface area contributed by atoms with E-state index in [-0.39, 0.29) is 12.6 Å². The number of aromatic nitrogens is 3. The Kier molecular flexibility index (Phi) is 3.88. The Morgan fingerprint density at radius 1 is 1.50 bits per heavy atom. The zero-order valence-corrected chi connectivity index (χ0v) is 10.4. The van der Waals surface area contributed by atoms with Crippen LogP contribution in [-0.4, -0.2) is 32.9 Å². The fourth-order valence-electron chi connectivity index (χ4n) is 1.57. The van der Waals surface area contributed by atoms with Gasteiger partial charge in [-0.2, -0.15) is 4.98 Å². The molecule has 6 nitrogen and oxygen atoms in total. The van der Waals surface area contributed by atoms with E-state index in [4.69, 9.17) is 4.52 Å². The SMILES string of the molecule is CC[C@H](CO)Nc1ncccc1-c1nc(C)no1. The van der Waals surface area contributed by atoms with E-state index in [1.54, 1.807) is 19.2 Å². The van der Waals surface area contributed by atoms with Gasteiger partial charge in [0.2, 0.25) is 0 Å². The van der Waals surface area contributed by atoms with Crippen molar-refractivity contribution >= 4 is 5.82 Å². The van der Waals surface area contributed by atoms with E-state index in [1.807, 2.05) is 13.0 Å². The van der Waals surface area contributed by atoms with Crippen LogP contribution in [0.4, 0.5) is 5.82 Å². The molecule has 2 rings (SSSR count). The van der Waals surface area contributed by atoms with Gasteiger partial charge in [-0.05, 0) is 25.5 Å². The predicted octanol–water partition coefficient (Wildman–Crippen LogP) is 1.62. The van der Waals surface area contributed by atoms with Crippen molar-refractivity contribution in [3.05, 3.63) is 24.2 Å². The minimum absolute atomic E-state index is 0.0392. The lowest BCUT2D eigenvalue weighted by atomic mass is 10.2. The van der Waals surface area contributed by atoms with Gasteiger partial charge in [0.25, 0.3) is 5.89 Å². The van der Waals surface area contributed by atoms with Crippen LogP contribution in [0.25, 0.3) is 11.5 Å². The predicted molar refractivity (Wildman–Crippen MR) is 67.1 cm³/mol. The van der Waals surface area contributed by atoms with Crippen molar-refractivity contribution in [2.24, 2.45) is 0 Å². The Bertz CT molecular complexity index is 508. The quantitative estimate of drug-likeness (QED) is 0.836. The van der Waals surface area contributed by atoms with Crippen molar-refractivity contribution in [1.29, 1.82) is 0 Å². The smallest absolute Gasteiger partial charge is 0.261 e. The van der Waals surface area contributed by atoms with Crippen LogP contribution in [0.2, 0.25) is 0 Å². The first kappa shape index (κ1) is 12.5. The topological polar surface area (TPSA) is 84.1 Å². The Morgan fingerprint density at radius 2 is 2.33 bits per heavy atom. The van der Waals surface area contributed by atoms with Crippen molar-refractivity contribution < 1.29 is 9.63 Å². The molecule has 2 heterocycles. The molecule has 0 saturated carbocycles. The number of anilines is 1. The van der Waals surface area contributed by atoms with Gasteiger partial charge < -0.3 is 14.9 Å². The Balaban J connectivity index is 2.31. The van der Waals surface area contributed by atoms with E-state index >= 15 is 0 Å². The van der Waals surface area contributed by atoms with Crippen LogP contribution in [0.3, 0.4) is 0 Å². The summed E-state index contributed by atoms with van der Waals surface area (Å²) in [7, 11) is 0. The average Bonchev–Trinajstić information content (AvgIpc) is 2.83. The number of aliphatic hydroxyl groups is 1. The molecular weight excluding hydrogens is 232 g/mol. The molecule has 0 aliphatic rings. The van der Waals surface area contributed by atoms with E-state index < -0.39 is 0 Å². The van der Waals surface area contributed by atoms with Crippen LogP contribution in [0, 0.1) is 6.92 Å². The number of nitrogens with zero attached hydrogens (tertiary/aromatic N) is 3. The summed E-state index contributed by atoms with van der Waals surface area (Å²) in [6.07, 6.45) is 2.48. The zero-order valence-electron chi connectivity index (χ0n) is 10.4. The normalized spacial score (nSPS) is 12.4. The molecule has 0 saturated heterocycles. The van der Waals surface area contributed by atoms with Crippen LogP contribution in [-0.2, 0) is 0 Å². The Morgan fingerprint density at radius 3 is 2.94 bits per heavy atom. The average molecular weight is 248 g/mol. The number of nitrogens with one attached hydrogen (secondary N) is 1. The van der Waals surface area contributed by atoms with Gasteiger partial charge in [0.15, 0.2) is 5.82 Å². The standard InChI is InChI=1S/C12H16N4O2/c1-3-9(7-17)15-11-10(5-4-6-13-11)12-14-8(2)16-18-12/h4-6,9,17H,3,7H2,1-2H3,(H,13,15)/t9-/m1/s1. The third-order valence-electron chi connectivity index (χ3n) is 2.62. The van der Waals surface area contributed by atoms with Crippen LogP contribution in [0.1, 0.15) is 19.2 Å². The van der Waals surface area contributed by atoms with Crippen molar-refractivity contribution in [3.8, 4) is 11.5 Å². The summed E-state index contributed by atoms with van der Waals surface area (Å²) < 4.78 is 5.14.